The van der Waals surface area contributed by atoms with Crippen LogP contribution in [0.25, 0.3) is 0 Å². The molecular formula is C19H19N3O4. The number of likely N-dealkylation sites (tertiary alicyclic amines) is 1. The summed E-state index contributed by atoms with van der Waals surface area (Å²) in [4.78, 5) is 31.7. The molecule has 2 aliphatic heterocycles. The maximum Gasteiger partial charge on any atom is 0.335 e. The van der Waals surface area contributed by atoms with E-state index in [9.17, 15) is 9.59 Å². The number of carbonyl (C=O) groups is 2. The molecule has 3 heterocycles. The van der Waals surface area contributed by atoms with E-state index in [-0.39, 0.29) is 11.5 Å². The summed E-state index contributed by atoms with van der Waals surface area (Å²) in [6.07, 6.45) is 3.73. The Hall–Kier alpha value is -3.09. The van der Waals surface area contributed by atoms with Crippen molar-refractivity contribution in [3.05, 3.63) is 47.8 Å². The lowest BCUT2D eigenvalue weighted by molar-refractivity contribution is 0.0696. The fourth-order valence-corrected chi connectivity index (χ4v) is 3.37. The molecule has 0 unspecified atom stereocenters. The van der Waals surface area contributed by atoms with Crippen molar-refractivity contribution in [1.82, 2.24) is 9.88 Å². The number of fused-ring (bicyclic) bond motifs is 1. The fraction of sp³-hybridized carbons (Fsp3) is 0.316. The van der Waals surface area contributed by atoms with E-state index in [4.69, 9.17) is 9.84 Å². The Morgan fingerprint density at radius 3 is 2.50 bits per heavy atom. The largest absolute Gasteiger partial charge is 0.489 e. The minimum absolute atomic E-state index is 0.0585. The Kier molecular flexibility index (Phi) is 4.20. The van der Waals surface area contributed by atoms with Gasteiger partial charge < -0.3 is 19.6 Å². The van der Waals surface area contributed by atoms with Crippen molar-refractivity contribution in [1.29, 1.82) is 0 Å². The molecule has 2 aromatic rings. The summed E-state index contributed by atoms with van der Waals surface area (Å²) in [5.74, 6) is -0.390. The lowest BCUT2D eigenvalue weighted by Gasteiger charge is -2.31. The highest BCUT2D eigenvalue weighted by atomic mass is 16.5. The predicted molar refractivity (Wildman–Crippen MR) is 95.3 cm³/mol. The summed E-state index contributed by atoms with van der Waals surface area (Å²) in [6, 6.07) is 8.38. The minimum atomic E-state index is -0.953. The number of pyridine rings is 1. The van der Waals surface area contributed by atoms with Crippen LogP contribution in [0.3, 0.4) is 0 Å². The molecule has 1 aromatic carbocycles. The van der Waals surface area contributed by atoms with Crippen LogP contribution in [0.15, 0.2) is 36.5 Å². The van der Waals surface area contributed by atoms with Crippen molar-refractivity contribution in [3.8, 4) is 5.75 Å². The number of hydrogen-bond acceptors (Lipinski definition) is 5. The first-order chi connectivity index (χ1) is 12.6. The van der Waals surface area contributed by atoms with Gasteiger partial charge in [-0.15, -0.1) is 0 Å². The molecule has 1 aromatic heterocycles. The Morgan fingerprint density at radius 1 is 1.08 bits per heavy atom. The summed E-state index contributed by atoms with van der Waals surface area (Å²) >= 11 is 0. The van der Waals surface area contributed by atoms with E-state index in [1.807, 2.05) is 9.80 Å². The zero-order chi connectivity index (χ0) is 18.1. The van der Waals surface area contributed by atoms with Crippen molar-refractivity contribution in [2.24, 2.45) is 0 Å². The number of carboxylic acid groups (broad SMARTS) is 1. The molecule has 1 N–H and O–H groups in total. The van der Waals surface area contributed by atoms with Crippen molar-refractivity contribution >= 4 is 23.3 Å². The summed E-state index contributed by atoms with van der Waals surface area (Å²) in [7, 11) is 0. The lowest BCUT2D eigenvalue weighted by Crippen LogP contribution is -2.31. The number of carbonyl (C=O) groups excluding carboxylic acids is 1. The second-order valence-corrected chi connectivity index (χ2v) is 6.39. The van der Waals surface area contributed by atoms with Crippen LogP contribution < -0.4 is 9.64 Å². The monoisotopic (exact) mass is 353 g/mol. The van der Waals surface area contributed by atoms with Gasteiger partial charge in [-0.1, -0.05) is 0 Å². The standard InChI is InChI=1S/C19H19N3O4/c23-18(21-7-1-2-8-21)15-11-17-16(12-20-15)22(9-10-26-17)14-5-3-13(4-6-14)19(24)25/h3-6,11-12H,1-2,7-10H2,(H,24,25). The molecule has 0 atom stereocenters. The molecule has 1 saturated heterocycles. The number of ether oxygens (including phenoxy) is 1. The minimum Gasteiger partial charge on any atom is -0.489 e. The Morgan fingerprint density at radius 2 is 1.81 bits per heavy atom. The van der Waals surface area contributed by atoms with E-state index in [1.54, 1.807) is 36.5 Å². The smallest absolute Gasteiger partial charge is 0.335 e. The van der Waals surface area contributed by atoms with Crippen LogP contribution in [-0.2, 0) is 0 Å². The molecule has 1 fully saturated rings. The van der Waals surface area contributed by atoms with Crippen LogP contribution in [0.1, 0.15) is 33.7 Å². The number of benzene rings is 1. The fourth-order valence-electron chi connectivity index (χ4n) is 3.37. The molecule has 7 heteroatoms. The summed E-state index contributed by atoms with van der Waals surface area (Å²) < 4.78 is 5.74. The highest BCUT2D eigenvalue weighted by Crippen LogP contribution is 2.36. The van der Waals surface area contributed by atoms with Crippen LogP contribution in [0.2, 0.25) is 0 Å². The summed E-state index contributed by atoms with van der Waals surface area (Å²) in [6.45, 7) is 2.66. The van der Waals surface area contributed by atoms with Crippen LogP contribution in [0, 0.1) is 0 Å². The zero-order valence-electron chi connectivity index (χ0n) is 14.2. The third-order valence-corrected chi connectivity index (χ3v) is 4.75. The number of amides is 1. The molecule has 0 bridgehead atoms. The predicted octanol–water partition coefficient (Wildman–Crippen LogP) is 2.55. The van der Waals surface area contributed by atoms with Crippen molar-refractivity contribution in [3.63, 3.8) is 0 Å². The van der Waals surface area contributed by atoms with E-state index in [2.05, 4.69) is 4.98 Å². The maximum absolute atomic E-state index is 12.5. The van der Waals surface area contributed by atoms with Crippen LogP contribution >= 0.6 is 0 Å². The average molecular weight is 353 g/mol. The van der Waals surface area contributed by atoms with Gasteiger partial charge in [-0.3, -0.25) is 4.79 Å². The molecule has 2 aliphatic rings. The highest BCUT2D eigenvalue weighted by Gasteiger charge is 2.25. The number of aromatic nitrogens is 1. The number of rotatable bonds is 3. The van der Waals surface area contributed by atoms with E-state index in [0.717, 1.165) is 37.3 Å². The quantitative estimate of drug-likeness (QED) is 0.913. The first-order valence-corrected chi connectivity index (χ1v) is 8.66. The van der Waals surface area contributed by atoms with Gasteiger partial charge in [0.15, 0.2) is 0 Å². The highest BCUT2D eigenvalue weighted by molar-refractivity contribution is 5.93. The summed E-state index contributed by atoms with van der Waals surface area (Å²) in [5.41, 5.74) is 2.28. The first-order valence-electron chi connectivity index (χ1n) is 8.66. The zero-order valence-corrected chi connectivity index (χ0v) is 14.2. The van der Waals surface area contributed by atoms with Gasteiger partial charge in [-0.05, 0) is 37.1 Å². The van der Waals surface area contributed by atoms with E-state index in [1.165, 1.54) is 0 Å². The molecule has 134 valence electrons. The van der Waals surface area contributed by atoms with Gasteiger partial charge in [0.2, 0.25) is 0 Å². The third kappa shape index (κ3) is 2.96. The summed E-state index contributed by atoms with van der Waals surface area (Å²) in [5, 5.41) is 9.04. The molecule has 1 amide bonds. The number of aromatic carboxylic acids is 1. The van der Waals surface area contributed by atoms with Crippen LogP contribution in [-0.4, -0.2) is 53.1 Å². The Balaban J connectivity index is 1.62. The number of anilines is 2. The molecular weight excluding hydrogens is 334 g/mol. The van der Waals surface area contributed by atoms with Gasteiger partial charge in [0, 0.05) is 24.8 Å². The number of hydrogen-bond donors (Lipinski definition) is 1. The first kappa shape index (κ1) is 16.4. The SMILES string of the molecule is O=C(O)c1ccc(N2CCOc3cc(C(=O)N4CCCC4)ncc32)cc1. The molecule has 0 spiro atoms. The van der Waals surface area contributed by atoms with Gasteiger partial charge in [-0.25, -0.2) is 9.78 Å². The van der Waals surface area contributed by atoms with Gasteiger partial charge in [0.05, 0.1) is 18.3 Å². The number of nitrogens with zero attached hydrogens (tertiary/aromatic N) is 3. The van der Waals surface area contributed by atoms with Crippen molar-refractivity contribution in [2.45, 2.75) is 12.8 Å². The van der Waals surface area contributed by atoms with Crippen LogP contribution in [0.4, 0.5) is 11.4 Å². The third-order valence-electron chi connectivity index (χ3n) is 4.75. The Labute approximate surface area is 150 Å². The van der Waals surface area contributed by atoms with Gasteiger partial charge in [0.25, 0.3) is 5.91 Å². The normalized spacial score (nSPS) is 16.2. The van der Waals surface area contributed by atoms with Gasteiger partial charge >= 0.3 is 5.97 Å². The molecule has 0 radical (unpaired) electrons. The van der Waals surface area contributed by atoms with E-state index in [0.29, 0.717) is 24.6 Å². The average Bonchev–Trinajstić information content (AvgIpc) is 3.21. The van der Waals surface area contributed by atoms with Gasteiger partial charge in [0.1, 0.15) is 23.7 Å². The molecule has 7 nitrogen and oxygen atoms in total. The maximum atomic E-state index is 12.5. The molecule has 4 rings (SSSR count). The van der Waals surface area contributed by atoms with Crippen LogP contribution in [0.5, 0.6) is 5.75 Å². The molecule has 0 saturated carbocycles. The second-order valence-electron chi connectivity index (χ2n) is 6.39. The lowest BCUT2D eigenvalue weighted by atomic mass is 10.1. The van der Waals surface area contributed by atoms with E-state index < -0.39 is 5.97 Å². The topological polar surface area (TPSA) is 83.0 Å². The molecule has 26 heavy (non-hydrogen) atoms. The molecule has 0 aliphatic carbocycles. The Bertz CT molecular complexity index is 844. The van der Waals surface area contributed by atoms with Crippen molar-refractivity contribution < 1.29 is 19.4 Å². The second kappa shape index (κ2) is 6.67. The van der Waals surface area contributed by atoms with E-state index >= 15 is 0 Å². The number of carboxylic acids is 1. The van der Waals surface area contributed by atoms with Crippen molar-refractivity contribution in [2.75, 3.05) is 31.1 Å². The van der Waals surface area contributed by atoms with Gasteiger partial charge in [-0.2, -0.15) is 0 Å².